The zero-order valence-corrected chi connectivity index (χ0v) is 13.2. The highest BCUT2D eigenvalue weighted by Crippen LogP contribution is 2.11. The van der Waals surface area contributed by atoms with E-state index in [-0.39, 0.29) is 25.6 Å². The molecule has 6 heteroatoms. The number of esters is 1. The number of carbonyl (C=O) groups is 1. The zero-order valence-electron chi connectivity index (χ0n) is 13.2. The summed E-state index contributed by atoms with van der Waals surface area (Å²) in [4.78, 5) is 15.5. The van der Waals surface area contributed by atoms with E-state index in [0.29, 0.717) is 30.1 Å². The number of hydrogen-bond donors (Lipinski definition) is 0. The predicted octanol–water partition coefficient (Wildman–Crippen LogP) is 2.73. The molecule has 1 aromatic heterocycles. The highest BCUT2D eigenvalue weighted by atomic mass is 16.6. The van der Waals surface area contributed by atoms with E-state index >= 15 is 0 Å². The smallest absolute Gasteiger partial charge is 0.306 e. The lowest BCUT2D eigenvalue weighted by molar-refractivity contribution is -0.144. The maximum absolute atomic E-state index is 11.6. The Bertz CT molecular complexity index is 666. The molecule has 0 aliphatic heterocycles. The van der Waals surface area contributed by atoms with Crippen LogP contribution in [-0.2, 0) is 9.53 Å². The number of nitrogens with zero attached hydrogens (tertiary/aromatic N) is 2. The summed E-state index contributed by atoms with van der Waals surface area (Å²) in [6.45, 7) is 0.884. The molecule has 24 heavy (non-hydrogen) atoms. The van der Waals surface area contributed by atoms with Crippen molar-refractivity contribution in [3.8, 4) is 17.6 Å². The van der Waals surface area contributed by atoms with Crippen molar-refractivity contribution in [1.82, 2.24) is 4.98 Å². The van der Waals surface area contributed by atoms with Crippen molar-refractivity contribution in [1.29, 1.82) is 5.26 Å². The molecule has 0 amide bonds. The average Bonchev–Trinajstić information content (AvgIpc) is 2.64. The highest BCUT2D eigenvalue weighted by Gasteiger charge is 2.03. The highest BCUT2D eigenvalue weighted by molar-refractivity contribution is 5.69. The van der Waals surface area contributed by atoms with Gasteiger partial charge in [0, 0.05) is 12.6 Å². The number of pyridine rings is 1. The predicted molar refractivity (Wildman–Crippen MR) is 86.6 cm³/mol. The Kier molecular flexibility index (Phi) is 7.09. The largest absolute Gasteiger partial charge is 0.492 e. The molecule has 0 radical (unpaired) electrons. The van der Waals surface area contributed by atoms with Crippen LogP contribution in [0.4, 0.5) is 0 Å². The normalized spacial score (nSPS) is 9.79. The molecule has 124 valence electrons. The molecule has 0 spiro atoms. The minimum atomic E-state index is -0.284. The fourth-order valence-corrected chi connectivity index (χ4v) is 1.85. The number of ether oxygens (including phenoxy) is 3. The van der Waals surface area contributed by atoms with Crippen LogP contribution in [0.15, 0.2) is 48.8 Å². The van der Waals surface area contributed by atoms with Crippen LogP contribution in [0.2, 0.25) is 0 Å². The summed E-state index contributed by atoms with van der Waals surface area (Å²) in [5, 5.41) is 8.70. The molecule has 2 aromatic rings. The van der Waals surface area contributed by atoms with Gasteiger partial charge >= 0.3 is 5.97 Å². The van der Waals surface area contributed by atoms with Crippen LogP contribution in [0, 0.1) is 11.3 Å². The molecule has 0 bridgehead atoms. The summed E-state index contributed by atoms with van der Waals surface area (Å²) in [6.07, 6.45) is 4.16. The number of carbonyl (C=O) groups excluding carboxylic acids is 1. The van der Waals surface area contributed by atoms with Gasteiger partial charge in [-0.3, -0.25) is 9.78 Å². The second kappa shape index (κ2) is 9.85. The number of hydrogen-bond acceptors (Lipinski definition) is 6. The number of aromatic nitrogens is 1. The van der Waals surface area contributed by atoms with E-state index in [4.69, 9.17) is 19.5 Å². The first-order valence-corrected chi connectivity index (χ1v) is 7.59. The minimum absolute atomic E-state index is 0.183. The molecular weight excluding hydrogens is 308 g/mol. The molecule has 0 fully saturated rings. The van der Waals surface area contributed by atoms with Crippen molar-refractivity contribution in [3.05, 3.63) is 54.4 Å². The van der Waals surface area contributed by atoms with E-state index < -0.39 is 0 Å². The Labute approximate surface area is 140 Å². The maximum atomic E-state index is 11.6. The third kappa shape index (κ3) is 6.36. The Balaban J connectivity index is 1.52. The molecule has 0 unspecified atom stereocenters. The van der Waals surface area contributed by atoms with E-state index in [1.54, 1.807) is 42.7 Å². The van der Waals surface area contributed by atoms with Gasteiger partial charge in [0.25, 0.3) is 0 Å². The lowest BCUT2D eigenvalue weighted by atomic mass is 10.2. The van der Waals surface area contributed by atoms with E-state index in [2.05, 4.69) is 4.98 Å². The molecular formula is C18H18N2O4. The standard InChI is InChI=1S/C18H18N2O4/c19-13-15-5-7-16(8-6-15)23-11-12-24-18(21)4-2-10-22-17-3-1-9-20-14-17/h1,3,5-9,14H,2,4,10-12H2. The summed E-state index contributed by atoms with van der Waals surface area (Å²) in [5.74, 6) is 1.03. The van der Waals surface area contributed by atoms with E-state index in [0.717, 1.165) is 0 Å². The van der Waals surface area contributed by atoms with E-state index in [1.165, 1.54) is 0 Å². The maximum Gasteiger partial charge on any atom is 0.306 e. The Morgan fingerprint density at radius 2 is 1.83 bits per heavy atom. The lowest BCUT2D eigenvalue weighted by Crippen LogP contribution is -2.13. The summed E-state index contributed by atoms with van der Waals surface area (Å²) in [5.41, 5.74) is 0.572. The third-order valence-electron chi connectivity index (χ3n) is 3.03. The van der Waals surface area contributed by atoms with Crippen molar-refractivity contribution >= 4 is 5.97 Å². The first kappa shape index (κ1) is 17.3. The van der Waals surface area contributed by atoms with Gasteiger partial charge in [0.2, 0.25) is 0 Å². The molecule has 0 saturated carbocycles. The van der Waals surface area contributed by atoms with Crippen LogP contribution in [0.25, 0.3) is 0 Å². The molecule has 6 nitrogen and oxygen atoms in total. The van der Waals surface area contributed by atoms with Gasteiger partial charge < -0.3 is 14.2 Å². The van der Waals surface area contributed by atoms with Crippen LogP contribution < -0.4 is 9.47 Å². The van der Waals surface area contributed by atoms with Gasteiger partial charge in [0.1, 0.15) is 24.7 Å². The second-order valence-electron chi connectivity index (χ2n) is 4.85. The quantitative estimate of drug-likeness (QED) is 0.520. The minimum Gasteiger partial charge on any atom is -0.492 e. The van der Waals surface area contributed by atoms with Gasteiger partial charge in [-0.1, -0.05) is 0 Å². The fourth-order valence-electron chi connectivity index (χ4n) is 1.85. The molecule has 0 atom stereocenters. The summed E-state index contributed by atoms with van der Waals surface area (Å²) in [7, 11) is 0. The zero-order chi connectivity index (χ0) is 17.0. The summed E-state index contributed by atoms with van der Waals surface area (Å²) >= 11 is 0. The number of nitriles is 1. The molecule has 0 aliphatic rings. The van der Waals surface area contributed by atoms with Crippen molar-refractivity contribution in [2.45, 2.75) is 12.8 Å². The summed E-state index contributed by atoms with van der Waals surface area (Å²) < 4.78 is 15.9. The molecule has 0 saturated heterocycles. The van der Waals surface area contributed by atoms with Gasteiger partial charge in [-0.2, -0.15) is 5.26 Å². The van der Waals surface area contributed by atoms with Gasteiger partial charge in [-0.25, -0.2) is 0 Å². The molecule has 0 N–H and O–H groups in total. The molecule has 0 aliphatic carbocycles. The van der Waals surface area contributed by atoms with Crippen molar-refractivity contribution in [2.75, 3.05) is 19.8 Å². The fraction of sp³-hybridized carbons (Fsp3) is 0.278. The van der Waals surface area contributed by atoms with Crippen molar-refractivity contribution < 1.29 is 19.0 Å². The van der Waals surface area contributed by atoms with Gasteiger partial charge in [0.15, 0.2) is 0 Å². The van der Waals surface area contributed by atoms with Crippen LogP contribution in [0.5, 0.6) is 11.5 Å². The summed E-state index contributed by atoms with van der Waals surface area (Å²) in [6, 6.07) is 12.4. The van der Waals surface area contributed by atoms with E-state index in [1.807, 2.05) is 12.1 Å². The number of benzene rings is 1. The van der Waals surface area contributed by atoms with Gasteiger partial charge in [0.05, 0.1) is 24.4 Å². The Morgan fingerprint density at radius 1 is 1.04 bits per heavy atom. The molecule has 1 heterocycles. The van der Waals surface area contributed by atoms with Gasteiger partial charge in [-0.05, 0) is 42.8 Å². The topological polar surface area (TPSA) is 81.4 Å². The first-order valence-electron chi connectivity index (χ1n) is 7.59. The van der Waals surface area contributed by atoms with E-state index in [9.17, 15) is 4.79 Å². The van der Waals surface area contributed by atoms with Gasteiger partial charge in [-0.15, -0.1) is 0 Å². The monoisotopic (exact) mass is 326 g/mol. The third-order valence-corrected chi connectivity index (χ3v) is 3.03. The van der Waals surface area contributed by atoms with Crippen LogP contribution in [0.3, 0.4) is 0 Å². The SMILES string of the molecule is N#Cc1ccc(OCCOC(=O)CCCOc2cccnc2)cc1. The van der Waals surface area contributed by atoms with Crippen molar-refractivity contribution in [3.63, 3.8) is 0 Å². The average molecular weight is 326 g/mol. The molecule has 2 rings (SSSR count). The van der Waals surface area contributed by atoms with Crippen LogP contribution in [0.1, 0.15) is 18.4 Å². The number of rotatable bonds is 9. The van der Waals surface area contributed by atoms with Crippen molar-refractivity contribution in [2.24, 2.45) is 0 Å². The van der Waals surface area contributed by atoms with Crippen LogP contribution in [-0.4, -0.2) is 30.8 Å². The molecule has 1 aromatic carbocycles. The Hall–Kier alpha value is -3.07. The second-order valence-corrected chi connectivity index (χ2v) is 4.85. The lowest BCUT2D eigenvalue weighted by Gasteiger charge is -2.08. The Morgan fingerprint density at radius 3 is 2.54 bits per heavy atom. The van der Waals surface area contributed by atoms with Crippen LogP contribution >= 0.6 is 0 Å². The first-order chi connectivity index (χ1) is 11.8.